The monoisotopic (exact) mass is 574 g/mol. The lowest BCUT2D eigenvalue weighted by Gasteiger charge is -2.38. The second-order valence-electron chi connectivity index (χ2n) is 10.5. The zero-order valence-electron chi connectivity index (χ0n) is 23.0. The minimum atomic E-state index is -1.23. The van der Waals surface area contributed by atoms with Crippen LogP contribution in [0.2, 0.25) is 5.02 Å². The Kier molecular flexibility index (Phi) is 8.53. The van der Waals surface area contributed by atoms with Gasteiger partial charge in [0.15, 0.2) is 17.3 Å². The average molecular weight is 575 g/mol. The lowest BCUT2D eigenvalue weighted by molar-refractivity contribution is -0.150. The average Bonchev–Trinajstić information content (AvgIpc) is 2.90. The van der Waals surface area contributed by atoms with Crippen LogP contribution in [0.25, 0.3) is 10.9 Å². The smallest absolute Gasteiger partial charge is 0.408 e. The van der Waals surface area contributed by atoms with E-state index < -0.39 is 29.0 Å². The molecule has 0 aliphatic heterocycles. The molecule has 0 unspecified atom stereocenters. The number of fused-ring (bicyclic) bond motifs is 1. The SMILES string of the molecule is COC(=O)C1(NC(=O)OC(C)(C)C)CCC(Oc2cc3c(Nc4cccc(Cl)c4F)ncnc3cc2OC)CC1. The zero-order chi connectivity index (χ0) is 29.1. The minimum Gasteiger partial charge on any atom is -0.493 e. The number of carbonyl (C=O) groups excluding carboxylic acids is 2. The first-order valence-corrected chi connectivity index (χ1v) is 13.1. The quantitative estimate of drug-likeness (QED) is 0.330. The van der Waals surface area contributed by atoms with Crippen LogP contribution in [0.1, 0.15) is 46.5 Å². The number of rotatable bonds is 7. The molecule has 214 valence electrons. The van der Waals surface area contributed by atoms with Crippen LogP contribution in [0.3, 0.4) is 0 Å². The van der Waals surface area contributed by atoms with Crippen LogP contribution in [0.5, 0.6) is 11.5 Å². The van der Waals surface area contributed by atoms with Crippen molar-refractivity contribution in [3.05, 3.63) is 47.5 Å². The Hall–Kier alpha value is -3.86. The lowest BCUT2D eigenvalue weighted by atomic mass is 9.80. The Morgan fingerprint density at radius 3 is 2.48 bits per heavy atom. The largest absolute Gasteiger partial charge is 0.493 e. The number of benzene rings is 2. The number of ether oxygens (including phenoxy) is 4. The number of esters is 1. The topological polar surface area (TPSA) is 121 Å². The number of halogens is 2. The van der Waals surface area contributed by atoms with Gasteiger partial charge in [-0.05, 0) is 64.7 Å². The maximum atomic E-state index is 14.6. The molecule has 1 aromatic heterocycles. The zero-order valence-corrected chi connectivity index (χ0v) is 23.7. The summed E-state index contributed by atoms with van der Waals surface area (Å²) in [6.45, 7) is 5.24. The molecule has 2 N–H and O–H groups in total. The van der Waals surface area contributed by atoms with Gasteiger partial charge in [0, 0.05) is 11.5 Å². The Morgan fingerprint density at radius 1 is 1.10 bits per heavy atom. The summed E-state index contributed by atoms with van der Waals surface area (Å²) in [5.74, 6) is 0.0878. The third-order valence-electron chi connectivity index (χ3n) is 6.52. The van der Waals surface area contributed by atoms with Crippen molar-refractivity contribution in [3.8, 4) is 11.5 Å². The van der Waals surface area contributed by atoms with E-state index >= 15 is 0 Å². The van der Waals surface area contributed by atoms with Crippen LogP contribution in [0.4, 0.5) is 20.7 Å². The molecule has 2 aromatic carbocycles. The first-order chi connectivity index (χ1) is 18.9. The van der Waals surface area contributed by atoms with E-state index in [4.69, 9.17) is 30.5 Å². The van der Waals surface area contributed by atoms with Gasteiger partial charge >= 0.3 is 12.1 Å². The van der Waals surface area contributed by atoms with E-state index in [1.165, 1.54) is 26.6 Å². The molecule has 3 aromatic rings. The van der Waals surface area contributed by atoms with Gasteiger partial charge in [0.05, 0.1) is 36.6 Å². The molecule has 4 rings (SSSR count). The van der Waals surface area contributed by atoms with Crippen molar-refractivity contribution < 1.29 is 32.9 Å². The maximum Gasteiger partial charge on any atom is 0.408 e. The highest BCUT2D eigenvalue weighted by molar-refractivity contribution is 6.31. The number of methoxy groups -OCH3 is 2. The van der Waals surface area contributed by atoms with Crippen molar-refractivity contribution in [1.82, 2.24) is 15.3 Å². The van der Waals surface area contributed by atoms with E-state index in [2.05, 4.69) is 20.6 Å². The van der Waals surface area contributed by atoms with Gasteiger partial charge in [-0.2, -0.15) is 0 Å². The van der Waals surface area contributed by atoms with Crippen molar-refractivity contribution >= 4 is 46.1 Å². The summed E-state index contributed by atoms with van der Waals surface area (Å²) in [6.07, 6.45) is 1.82. The van der Waals surface area contributed by atoms with Gasteiger partial charge in [-0.15, -0.1) is 0 Å². The van der Waals surface area contributed by atoms with Crippen LogP contribution < -0.4 is 20.1 Å². The van der Waals surface area contributed by atoms with Gasteiger partial charge < -0.3 is 29.6 Å². The van der Waals surface area contributed by atoms with E-state index in [1.807, 2.05) is 0 Å². The summed E-state index contributed by atoms with van der Waals surface area (Å²) in [6, 6.07) is 8.07. The fraction of sp³-hybridized carbons (Fsp3) is 0.429. The summed E-state index contributed by atoms with van der Waals surface area (Å²) >= 11 is 5.93. The summed E-state index contributed by atoms with van der Waals surface area (Å²) in [7, 11) is 2.80. The molecule has 0 atom stereocenters. The molecule has 1 aliphatic carbocycles. The molecule has 0 saturated heterocycles. The Morgan fingerprint density at radius 2 is 1.82 bits per heavy atom. The van der Waals surface area contributed by atoms with Gasteiger partial charge in [-0.1, -0.05) is 17.7 Å². The molecule has 1 heterocycles. The van der Waals surface area contributed by atoms with Crippen molar-refractivity contribution in [2.45, 2.75) is 63.7 Å². The van der Waals surface area contributed by atoms with Crippen molar-refractivity contribution in [2.75, 3.05) is 19.5 Å². The maximum absolute atomic E-state index is 14.6. The predicted octanol–water partition coefficient (Wildman–Crippen LogP) is 5.93. The molecule has 12 heteroatoms. The molecule has 40 heavy (non-hydrogen) atoms. The van der Waals surface area contributed by atoms with Crippen molar-refractivity contribution in [1.29, 1.82) is 0 Å². The van der Waals surface area contributed by atoms with Gasteiger partial charge in [-0.25, -0.2) is 23.9 Å². The molecular formula is C28H32ClFN4O6. The summed E-state index contributed by atoms with van der Waals surface area (Å²) in [5, 5.41) is 6.26. The number of alkyl carbamates (subject to hydrolysis) is 1. The van der Waals surface area contributed by atoms with E-state index in [0.29, 0.717) is 41.1 Å². The molecular weight excluding hydrogens is 543 g/mol. The Labute approximate surface area is 236 Å². The highest BCUT2D eigenvalue weighted by Crippen LogP contribution is 2.39. The number of nitrogens with zero attached hydrogens (tertiary/aromatic N) is 2. The molecule has 0 spiro atoms. The van der Waals surface area contributed by atoms with Gasteiger partial charge in [-0.3, -0.25) is 0 Å². The van der Waals surface area contributed by atoms with Gasteiger partial charge in [0.25, 0.3) is 0 Å². The predicted molar refractivity (Wildman–Crippen MR) is 148 cm³/mol. The van der Waals surface area contributed by atoms with Crippen LogP contribution in [-0.4, -0.2) is 53.5 Å². The normalized spacial score (nSPS) is 19.0. The number of hydrogen-bond donors (Lipinski definition) is 2. The number of carbonyl (C=O) groups is 2. The highest BCUT2D eigenvalue weighted by Gasteiger charge is 2.45. The molecule has 0 radical (unpaired) electrons. The molecule has 1 fully saturated rings. The number of amides is 1. The molecule has 1 saturated carbocycles. The minimum absolute atomic E-state index is 0.0180. The van der Waals surface area contributed by atoms with E-state index in [-0.39, 0.29) is 29.7 Å². The molecule has 0 bridgehead atoms. The first kappa shape index (κ1) is 29.1. The fourth-order valence-corrected chi connectivity index (χ4v) is 4.77. The van der Waals surface area contributed by atoms with Crippen molar-refractivity contribution in [3.63, 3.8) is 0 Å². The first-order valence-electron chi connectivity index (χ1n) is 12.7. The fourth-order valence-electron chi connectivity index (χ4n) is 4.60. The van der Waals surface area contributed by atoms with Crippen LogP contribution in [0.15, 0.2) is 36.7 Å². The molecule has 1 amide bonds. The number of nitrogens with one attached hydrogen (secondary N) is 2. The summed E-state index contributed by atoms with van der Waals surface area (Å²) in [5.41, 5.74) is -1.23. The van der Waals surface area contributed by atoms with Crippen molar-refractivity contribution in [2.24, 2.45) is 0 Å². The summed E-state index contributed by atoms with van der Waals surface area (Å²) in [4.78, 5) is 33.8. The van der Waals surface area contributed by atoms with E-state index in [9.17, 15) is 14.0 Å². The number of anilines is 2. The standard InChI is InChI=1S/C28H32ClFN4O6/c1-27(2,3)40-26(36)34-28(25(35)38-5)11-9-16(10-12-28)39-22-13-17-20(14-21(22)37-4)31-15-32-24(17)33-19-8-6-7-18(29)23(19)30/h6-8,13-16H,9-12H2,1-5H3,(H,34,36)(H,31,32,33). The Balaban J connectivity index is 1.56. The molecule has 1 aliphatic rings. The second kappa shape index (κ2) is 11.7. The highest BCUT2D eigenvalue weighted by atomic mass is 35.5. The third-order valence-corrected chi connectivity index (χ3v) is 6.81. The second-order valence-corrected chi connectivity index (χ2v) is 10.9. The van der Waals surface area contributed by atoms with E-state index in [0.717, 1.165) is 0 Å². The lowest BCUT2D eigenvalue weighted by Crippen LogP contribution is -2.58. The van der Waals surface area contributed by atoms with Crippen LogP contribution in [-0.2, 0) is 14.3 Å². The summed E-state index contributed by atoms with van der Waals surface area (Å²) < 4.78 is 36.8. The van der Waals surface area contributed by atoms with Crippen LogP contribution >= 0.6 is 11.6 Å². The third kappa shape index (κ3) is 6.47. The molecule has 10 nitrogen and oxygen atoms in total. The number of aromatic nitrogens is 2. The van der Waals surface area contributed by atoms with Gasteiger partial charge in [0.2, 0.25) is 0 Å². The van der Waals surface area contributed by atoms with E-state index in [1.54, 1.807) is 45.0 Å². The van der Waals surface area contributed by atoms with Crippen LogP contribution in [0, 0.1) is 5.82 Å². The van der Waals surface area contributed by atoms with Gasteiger partial charge in [0.1, 0.15) is 23.3 Å². The number of hydrogen-bond acceptors (Lipinski definition) is 9. The Bertz CT molecular complexity index is 1410.